The Labute approximate surface area is 200 Å². The first kappa shape index (κ1) is 32.3. The highest BCUT2D eigenvalue weighted by molar-refractivity contribution is 6.01. The Morgan fingerprint density at radius 1 is 1.06 bits per heavy atom. The van der Waals surface area contributed by atoms with Crippen LogP contribution >= 0.6 is 0 Å². The lowest BCUT2D eigenvalue weighted by atomic mass is 10.2. The van der Waals surface area contributed by atoms with E-state index in [2.05, 4.69) is 27.7 Å². The second-order valence-corrected chi connectivity index (χ2v) is 7.12. The number of carbonyl (C=O) groups is 5. The number of hydrogen-bond acceptors (Lipinski definition) is 8. The van der Waals surface area contributed by atoms with Crippen molar-refractivity contribution in [2.24, 2.45) is 0 Å². The highest BCUT2D eigenvalue weighted by Crippen LogP contribution is 2.12. The van der Waals surface area contributed by atoms with E-state index < -0.39 is 29.5 Å². The number of carbonyl (C=O) groups excluding carboxylic acids is 5. The van der Waals surface area contributed by atoms with Crippen LogP contribution in [0.15, 0.2) is 30.3 Å². The van der Waals surface area contributed by atoms with Gasteiger partial charge in [0.1, 0.15) is 12.2 Å². The molecule has 0 bridgehead atoms. The zero-order chi connectivity index (χ0) is 26.6. The minimum Gasteiger partial charge on any atom is -0.463 e. The maximum absolute atomic E-state index is 11.4. The molecule has 1 aliphatic rings. The molecule has 1 N–H and O–H groups in total. The first-order valence-electron chi connectivity index (χ1n) is 10.6. The van der Waals surface area contributed by atoms with Gasteiger partial charge in [0.2, 0.25) is 0 Å². The summed E-state index contributed by atoms with van der Waals surface area (Å²) >= 11 is 0. The number of alkyl carbamates (subject to hydrolysis) is 1. The Kier molecular flexibility index (Phi) is 17.7. The minimum absolute atomic E-state index is 0.00995. The predicted molar refractivity (Wildman–Crippen MR) is 125 cm³/mol. The van der Waals surface area contributed by atoms with E-state index in [-0.39, 0.29) is 25.8 Å². The van der Waals surface area contributed by atoms with Crippen LogP contribution in [0.1, 0.15) is 59.4 Å². The highest BCUT2D eigenvalue weighted by atomic mass is 16.7. The molecular weight excluding hydrogens is 444 g/mol. The van der Waals surface area contributed by atoms with Gasteiger partial charge in [-0.1, -0.05) is 44.2 Å². The number of benzene rings is 1. The van der Waals surface area contributed by atoms with E-state index in [1.807, 2.05) is 44.2 Å². The van der Waals surface area contributed by atoms with Crippen molar-refractivity contribution >= 4 is 30.3 Å². The molecule has 1 heterocycles. The van der Waals surface area contributed by atoms with Crippen molar-refractivity contribution in [1.82, 2.24) is 10.4 Å². The van der Waals surface area contributed by atoms with Gasteiger partial charge in [0.15, 0.2) is 0 Å². The summed E-state index contributed by atoms with van der Waals surface area (Å²) in [6, 6.07) is 9.55. The fraction of sp³-hybridized carbons (Fsp3) is 0.458. The van der Waals surface area contributed by atoms with E-state index in [0.717, 1.165) is 5.56 Å². The van der Waals surface area contributed by atoms with Crippen molar-refractivity contribution in [1.29, 1.82) is 0 Å². The average Bonchev–Trinajstić information content (AvgIpc) is 3.12. The maximum Gasteiger partial charge on any atom is 0.407 e. The van der Waals surface area contributed by atoms with Gasteiger partial charge in [-0.3, -0.25) is 14.4 Å². The van der Waals surface area contributed by atoms with Crippen LogP contribution in [0.2, 0.25) is 0 Å². The number of terminal acetylenes is 1. The van der Waals surface area contributed by atoms with Crippen LogP contribution in [0.3, 0.4) is 0 Å². The van der Waals surface area contributed by atoms with E-state index >= 15 is 0 Å². The number of hydrogen-bond donors (Lipinski definition) is 1. The molecule has 0 saturated carbocycles. The number of imide groups is 1. The third-order valence-corrected chi connectivity index (χ3v) is 3.36. The summed E-state index contributed by atoms with van der Waals surface area (Å²) in [5.41, 5.74) is 0.383. The molecule has 1 aromatic rings. The second-order valence-electron chi connectivity index (χ2n) is 7.12. The summed E-state index contributed by atoms with van der Waals surface area (Å²) in [6.07, 6.45) is 7.26. The van der Waals surface area contributed by atoms with Gasteiger partial charge in [-0.15, -0.1) is 17.9 Å². The van der Waals surface area contributed by atoms with Gasteiger partial charge >= 0.3 is 12.1 Å². The van der Waals surface area contributed by atoms with E-state index in [9.17, 15) is 24.0 Å². The summed E-state index contributed by atoms with van der Waals surface area (Å²) in [4.78, 5) is 59.5. The number of ether oxygens (including phenoxy) is 2. The third-order valence-electron chi connectivity index (χ3n) is 3.36. The molecule has 0 atom stereocenters. The lowest BCUT2D eigenvalue weighted by molar-refractivity contribution is -0.197. The fourth-order valence-corrected chi connectivity index (χ4v) is 2.09. The van der Waals surface area contributed by atoms with E-state index in [0.29, 0.717) is 18.1 Å². The van der Waals surface area contributed by atoms with Crippen molar-refractivity contribution in [3.05, 3.63) is 35.9 Å². The van der Waals surface area contributed by atoms with Gasteiger partial charge in [-0.25, -0.2) is 9.59 Å². The number of hydroxylamine groups is 2. The molecule has 0 spiro atoms. The molecule has 1 aliphatic heterocycles. The summed E-state index contributed by atoms with van der Waals surface area (Å²) < 4.78 is 9.51. The van der Waals surface area contributed by atoms with Crippen LogP contribution in [-0.4, -0.2) is 47.6 Å². The SMILES string of the molecule is C#C.CC.CC(C)(C)OC(=O)NCCC(=O)ON1C(=O)CCC1=O.O=COCc1ccccc1. The molecule has 1 fully saturated rings. The average molecular weight is 479 g/mol. The van der Waals surface area contributed by atoms with Gasteiger partial charge in [-0.05, 0) is 26.3 Å². The molecule has 34 heavy (non-hydrogen) atoms. The van der Waals surface area contributed by atoms with Crippen LogP contribution < -0.4 is 5.32 Å². The molecule has 0 unspecified atom stereocenters. The van der Waals surface area contributed by atoms with Crippen LogP contribution in [0.4, 0.5) is 4.79 Å². The predicted octanol–water partition coefficient (Wildman–Crippen LogP) is 3.14. The van der Waals surface area contributed by atoms with Gasteiger partial charge in [0, 0.05) is 19.4 Å². The zero-order valence-corrected chi connectivity index (χ0v) is 20.4. The quantitative estimate of drug-likeness (QED) is 0.360. The van der Waals surface area contributed by atoms with Crippen molar-refractivity contribution < 1.29 is 38.3 Å². The molecule has 3 amide bonds. The van der Waals surface area contributed by atoms with E-state index in [4.69, 9.17) is 4.74 Å². The second kappa shape index (κ2) is 18.7. The number of amides is 3. The molecule has 188 valence electrons. The van der Waals surface area contributed by atoms with E-state index in [1.165, 1.54) is 0 Å². The highest BCUT2D eigenvalue weighted by Gasteiger charge is 2.32. The molecule has 1 aromatic carbocycles. The van der Waals surface area contributed by atoms with Gasteiger partial charge in [0.05, 0.1) is 6.42 Å². The molecule has 10 nitrogen and oxygen atoms in total. The van der Waals surface area contributed by atoms with Crippen molar-refractivity contribution in [2.45, 2.75) is 66.1 Å². The zero-order valence-electron chi connectivity index (χ0n) is 20.4. The Balaban J connectivity index is 0. The van der Waals surface area contributed by atoms with Crippen LogP contribution in [0, 0.1) is 12.8 Å². The largest absolute Gasteiger partial charge is 0.463 e. The first-order chi connectivity index (χ1) is 16.1. The monoisotopic (exact) mass is 478 g/mol. The van der Waals surface area contributed by atoms with Crippen molar-refractivity contribution in [3.8, 4) is 12.8 Å². The lowest BCUT2D eigenvalue weighted by Crippen LogP contribution is -2.35. The summed E-state index contributed by atoms with van der Waals surface area (Å²) in [6.45, 7) is 9.95. The Morgan fingerprint density at radius 3 is 2.06 bits per heavy atom. The molecular formula is C24H34N2O8. The maximum atomic E-state index is 11.4. The minimum atomic E-state index is -0.773. The molecule has 2 rings (SSSR count). The topological polar surface area (TPSA) is 128 Å². The summed E-state index contributed by atoms with van der Waals surface area (Å²) in [5.74, 6) is -1.85. The summed E-state index contributed by atoms with van der Waals surface area (Å²) in [5, 5.41) is 2.84. The van der Waals surface area contributed by atoms with Crippen LogP contribution in [-0.2, 0) is 40.1 Å². The van der Waals surface area contributed by atoms with Gasteiger partial charge in [-0.2, -0.15) is 0 Å². The Hall–Kier alpha value is -3.87. The first-order valence-corrected chi connectivity index (χ1v) is 10.6. The Morgan fingerprint density at radius 2 is 1.59 bits per heavy atom. The standard InChI is InChI=1S/C12H18N2O6.C8H8O2.C2H6.C2H2/c1-12(2,3)19-11(18)13-7-6-10(17)20-14-8(15)4-5-9(14)16;9-7-10-6-8-4-2-1-3-5-8;2*1-2/h4-7H2,1-3H3,(H,13,18);1-5,7H,6H2;1-2H3;1-2H. The van der Waals surface area contributed by atoms with E-state index in [1.54, 1.807) is 20.8 Å². The third kappa shape index (κ3) is 15.9. The molecule has 0 aliphatic carbocycles. The van der Waals surface area contributed by atoms with Crippen molar-refractivity contribution in [2.75, 3.05) is 6.54 Å². The Bertz CT molecular complexity index is 769. The fourth-order valence-electron chi connectivity index (χ4n) is 2.09. The van der Waals surface area contributed by atoms with Crippen LogP contribution in [0.25, 0.3) is 0 Å². The summed E-state index contributed by atoms with van der Waals surface area (Å²) in [7, 11) is 0. The smallest absolute Gasteiger partial charge is 0.407 e. The number of nitrogens with one attached hydrogen (secondary N) is 1. The van der Waals surface area contributed by atoms with Gasteiger partial charge in [0.25, 0.3) is 18.3 Å². The normalized spacial score (nSPS) is 11.8. The van der Waals surface area contributed by atoms with Crippen LogP contribution in [0.5, 0.6) is 0 Å². The van der Waals surface area contributed by atoms with Crippen molar-refractivity contribution in [3.63, 3.8) is 0 Å². The lowest BCUT2D eigenvalue weighted by Gasteiger charge is -2.19. The molecule has 0 radical (unpaired) electrons. The number of rotatable bonds is 7. The molecule has 10 heteroatoms. The molecule has 0 aromatic heterocycles. The number of nitrogens with zero attached hydrogens (tertiary/aromatic N) is 1. The van der Waals surface area contributed by atoms with Gasteiger partial charge < -0.3 is 19.6 Å². The molecule has 1 saturated heterocycles.